The Labute approximate surface area is 149 Å². The summed E-state index contributed by atoms with van der Waals surface area (Å²) in [6, 6.07) is 15.6. The molecule has 0 aliphatic heterocycles. The van der Waals surface area contributed by atoms with E-state index in [0.29, 0.717) is 17.7 Å². The molecule has 0 aliphatic rings. The molecule has 0 saturated heterocycles. The molecule has 4 aromatic rings. The zero-order chi connectivity index (χ0) is 18.3. The van der Waals surface area contributed by atoms with E-state index in [9.17, 15) is 8.42 Å². The summed E-state index contributed by atoms with van der Waals surface area (Å²) in [5, 5.41) is 9.01. The van der Waals surface area contributed by atoms with E-state index in [-0.39, 0.29) is 15.4 Å². The summed E-state index contributed by atoms with van der Waals surface area (Å²) in [6.45, 7) is 4.01. The number of allylic oxidation sites excluding steroid dienone is 1. The second kappa shape index (κ2) is 5.96. The van der Waals surface area contributed by atoms with Crippen molar-refractivity contribution in [2.75, 3.05) is 0 Å². The number of H-pyrrole nitrogens is 1. The fraction of sp³-hybridized carbons (Fsp3) is 0.0526. The number of nitrogens with zero attached hydrogens (tertiary/aromatic N) is 2. The van der Waals surface area contributed by atoms with Gasteiger partial charge in [0.05, 0.1) is 4.90 Å². The molecule has 2 aromatic carbocycles. The van der Waals surface area contributed by atoms with Gasteiger partial charge in [-0.05, 0) is 18.2 Å². The minimum atomic E-state index is -3.92. The lowest BCUT2D eigenvalue weighted by Gasteiger charge is -2.10. The number of para-hydroxylation sites is 1. The van der Waals surface area contributed by atoms with Crippen LogP contribution in [0.2, 0.25) is 0 Å². The fourth-order valence-electron chi connectivity index (χ4n) is 3.01. The van der Waals surface area contributed by atoms with Crippen molar-refractivity contribution in [3.63, 3.8) is 0 Å². The van der Waals surface area contributed by atoms with Crippen molar-refractivity contribution in [1.29, 1.82) is 5.41 Å². The van der Waals surface area contributed by atoms with Crippen molar-refractivity contribution in [3.8, 4) is 0 Å². The maximum atomic E-state index is 13.1. The third-order valence-corrected chi connectivity index (χ3v) is 5.92. The summed E-state index contributed by atoms with van der Waals surface area (Å²) in [4.78, 5) is 7.74. The number of sulfone groups is 1. The van der Waals surface area contributed by atoms with E-state index < -0.39 is 9.84 Å². The highest BCUT2D eigenvalue weighted by molar-refractivity contribution is 7.91. The minimum Gasteiger partial charge on any atom is -0.339 e. The Morgan fingerprint density at radius 3 is 2.54 bits per heavy atom. The van der Waals surface area contributed by atoms with Crippen LogP contribution in [-0.4, -0.2) is 23.0 Å². The number of nitrogens with one attached hydrogen (secondary N) is 2. The maximum absolute atomic E-state index is 13.1. The third kappa shape index (κ3) is 2.36. The van der Waals surface area contributed by atoms with Crippen LogP contribution in [0.4, 0.5) is 0 Å². The molecule has 0 bridgehead atoms. The number of benzene rings is 2. The second-order valence-corrected chi connectivity index (χ2v) is 7.71. The van der Waals surface area contributed by atoms with Gasteiger partial charge in [0.2, 0.25) is 14.9 Å². The van der Waals surface area contributed by atoms with Crippen molar-refractivity contribution in [2.45, 2.75) is 16.5 Å². The van der Waals surface area contributed by atoms with E-state index in [1.54, 1.807) is 28.8 Å². The molecule has 130 valence electrons. The first kappa shape index (κ1) is 16.3. The Balaban J connectivity index is 2.14. The van der Waals surface area contributed by atoms with Crippen molar-refractivity contribution < 1.29 is 8.42 Å². The number of rotatable bonds is 4. The summed E-state index contributed by atoms with van der Waals surface area (Å²) in [5.74, 6) is 0. The minimum absolute atomic E-state index is 0.116. The molecule has 0 saturated carbocycles. The van der Waals surface area contributed by atoms with E-state index in [1.807, 2.05) is 24.3 Å². The van der Waals surface area contributed by atoms with Gasteiger partial charge in [-0.25, -0.2) is 13.4 Å². The zero-order valence-electron chi connectivity index (χ0n) is 13.8. The van der Waals surface area contributed by atoms with E-state index in [2.05, 4.69) is 16.5 Å². The standard InChI is InChI=1S/C19H16N4O2S/c1-2-12-23-17(20)19(26(24,25)13-8-4-3-5-9-13)22-16-14-10-6-7-11-15(14)21-18(16)23/h2-11,20-21H,1,12H2. The number of hydrogen-bond acceptors (Lipinski definition) is 4. The molecule has 2 aromatic heterocycles. The smallest absolute Gasteiger partial charge is 0.227 e. The normalized spacial score (nSPS) is 11.8. The third-order valence-electron chi connectivity index (χ3n) is 4.24. The predicted molar refractivity (Wildman–Crippen MR) is 99.5 cm³/mol. The average Bonchev–Trinajstić information content (AvgIpc) is 3.03. The van der Waals surface area contributed by atoms with Gasteiger partial charge in [-0.1, -0.05) is 42.5 Å². The summed E-state index contributed by atoms with van der Waals surface area (Å²) >= 11 is 0. The van der Waals surface area contributed by atoms with Crippen LogP contribution in [0.25, 0.3) is 22.1 Å². The second-order valence-electron chi connectivity index (χ2n) is 5.85. The Hall–Kier alpha value is -3.19. The van der Waals surface area contributed by atoms with Gasteiger partial charge in [0.1, 0.15) is 11.2 Å². The summed E-state index contributed by atoms with van der Waals surface area (Å²) in [6.07, 6.45) is 1.63. The predicted octanol–water partition coefficient (Wildman–Crippen LogP) is 3.02. The van der Waals surface area contributed by atoms with Gasteiger partial charge in [-0.15, -0.1) is 6.58 Å². The Morgan fingerprint density at radius 1 is 1.12 bits per heavy atom. The van der Waals surface area contributed by atoms with Gasteiger partial charge >= 0.3 is 0 Å². The summed E-state index contributed by atoms with van der Waals surface area (Å²) in [7, 11) is -3.92. The lowest BCUT2D eigenvalue weighted by Crippen LogP contribution is -2.28. The molecule has 4 rings (SSSR count). The van der Waals surface area contributed by atoms with Gasteiger partial charge in [-0.2, -0.15) is 0 Å². The van der Waals surface area contributed by atoms with Gasteiger partial charge in [-0.3, -0.25) is 5.41 Å². The first-order valence-electron chi connectivity index (χ1n) is 8.01. The van der Waals surface area contributed by atoms with Gasteiger partial charge < -0.3 is 9.55 Å². The molecule has 0 aliphatic carbocycles. The number of fused-ring (bicyclic) bond motifs is 3. The quantitative estimate of drug-likeness (QED) is 0.545. The van der Waals surface area contributed by atoms with Gasteiger partial charge in [0, 0.05) is 17.4 Å². The van der Waals surface area contributed by atoms with Gasteiger partial charge in [0.15, 0.2) is 5.49 Å². The molecule has 26 heavy (non-hydrogen) atoms. The molecule has 0 amide bonds. The van der Waals surface area contributed by atoms with Crippen LogP contribution >= 0.6 is 0 Å². The molecular formula is C19H16N4O2S. The molecule has 6 nitrogen and oxygen atoms in total. The maximum Gasteiger partial charge on any atom is 0.227 e. The highest BCUT2D eigenvalue weighted by Crippen LogP contribution is 2.25. The summed E-state index contributed by atoms with van der Waals surface area (Å²) in [5.41, 5.74) is 1.78. The van der Waals surface area contributed by atoms with Gasteiger partial charge in [0.25, 0.3) is 0 Å². The van der Waals surface area contributed by atoms with Crippen LogP contribution < -0.4 is 5.49 Å². The number of aromatic nitrogens is 3. The Kier molecular flexibility index (Phi) is 3.73. The van der Waals surface area contributed by atoms with E-state index in [0.717, 1.165) is 10.9 Å². The average molecular weight is 364 g/mol. The molecule has 0 radical (unpaired) electrons. The lowest BCUT2D eigenvalue weighted by molar-refractivity contribution is 0.586. The fourth-order valence-corrected chi connectivity index (χ4v) is 4.33. The molecule has 0 fully saturated rings. The van der Waals surface area contributed by atoms with Crippen LogP contribution in [0.15, 0.2) is 77.2 Å². The van der Waals surface area contributed by atoms with E-state index >= 15 is 0 Å². The highest BCUT2D eigenvalue weighted by atomic mass is 32.2. The molecule has 7 heteroatoms. The lowest BCUT2D eigenvalue weighted by atomic mass is 10.2. The van der Waals surface area contributed by atoms with Crippen molar-refractivity contribution >= 4 is 31.9 Å². The van der Waals surface area contributed by atoms with Crippen LogP contribution in [-0.2, 0) is 16.4 Å². The Morgan fingerprint density at radius 2 is 1.81 bits per heavy atom. The molecule has 2 N–H and O–H groups in total. The first-order valence-corrected chi connectivity index (χ1v) is 9.49. The topological polar surface area (TPSA) is 91.6 Å². The summed E-state index contributed by atoms with van der Waals surface area (Å²) < 4.78 is 27.7. The molecule has 0 spiro atoms. The SMILES string of the molecule is C=CCn1c(=N)c(S(=O)(=O)c2ccccc2)nc2c3ccccc3[nH]c21. The first-order chi connectivity index (χ1) is 12.5. The van der Waals surface area contributed by atoms with Crippen LogP contribution in [0.3, 0.4) is 0 Å². The van der Waals surface area contributed by atoms with Crippen molar-refractivity contribution in [2.24, 2.45) is 0 Å². The van der Waals surface area contributed by atoms with Crippen LogP contribution in [0.5, 0.6) is 0 Å². The van der Waals surface area contributed by atoms with E-state index in [1.165, 1.54) is 12.1 Å². The molecular weight excluding hydrogens is 348 g/mol. The van der Waals surface area contributed by atoms with Crippen molar-refractivity contribution in [3.05, 3.63) is 72.7 Å². The molecule has 0 unspecified atom stereocenters. The van der Waals surface area contributed by atoms with Crippen molar-refractivity contribution in [1.82, 2.24) is 14.5 Å². The largest absolute Gasteiger partial charge is 0.339 e. The monoisotopic (exact) mass is 364 g/mol. The zero-order valence-corrected chi connectivity index (χ0v) is 14.6. The molecule has 0 atom stereocenters. The Bertz CT molecular complexity index is 1300. The van der Waals surface area contributed by atoms with Crippen LogP contribution in [0, 0.1) is 5.41 Å². The number of hydrogen-bond donors (Lipinski definition) is 2. The van der Waals surface area contributed by atoms with Crippen LogP contribution in [0.1, 0.15) is 0 Å². The molecule has 2 heterocycles. The highest BCUT2D eigenvalue weighted by Gasteiger charge is 2.24. The van der Waals surface area contributed by atoms with E-state index in [4.69, 9.17) is 5.41 Å². The number of aromatic amines is 1.